The van der Waals surface area contributed by atoms with E-state index in [1.165, 1.54) is 12.8 Å². The van der Waals surface area contributed by atoms with Gasteiger partial charge in [0.05, 0.1) is 25.9 Å². The van der Waals surface area contributed by atoms with Crippen LogP contribution in [-0.4, -0.2) is 45.0 Å². The molecule has 0 amide bonds. The number of nitrogens with one attached hydrogen (secondary N) is 2. The van der Waals surface area contributed by atoms with Gasteiger partial charge in [0.25, 0.3) is 0 Å². The van der Waals surface area contributed by atoms with Crippen molar-refractivity contribution >= 4 is 29.9 Å². The van der Waals surface area contributed by atoms with Crippen LogP contribution in [0.3, 0.4) is 0 Å². The summed E-state index contributed by atoms with van der Waals surface area (Å²) in [4.78, 5) is 4.75. The Bertz CT molecular complexity index is 615. The van der Waals surface area contributed by atoms with Crippen LogP contribution >= 0.6 is 24.0 Å². The van der Waals surface area contributed by atoms with Crippen molar-refractivity contribution in [3.63, 3.8) is 0 Å². The molecule has 1 aromatic rings. The maximum absolute atomic E-state index is 6.27. The van der Waals surface area contributed by atoms with Crippen LogP contribution in [0.5, 0.6) is 11.5 Å². The predicted octanol–water partition coefficient (Wildman–Crippen LogP) is 3.87. The number of hydrogen-bond donors (Lipinski definition) is 2. The quantitative estimate of drug-likeness (QED) is 0.321. The number of benzene rings is 1. The van der Waals surface area contributed by atoms with Gasteiger partial charge in [-0.3, -0.25) is 0 Å². The SMILES string of the molecule is CCNC(=NCc1ccc(OC)cc1OC1CCCC1)NCC1CCCO1.I. The predicted molar refractivity (Wildman–Crippen MR) is 123 cm³/mol. The minimum absolute atomic E-state index is 0. The van der Waals surface area contributed by atoms with Crippen molar-refractivity contribution in [1.29, 1.82) is 0 Å². The lowest BCUT2D eigenvalue weighted by Crippen LogP contribution is -2.41. The lowest BCUT2D eigenvalue weighted by molar-refractivity contribution is 0.114. The van der Waals surface area contributed by atoms with Crippen molar-refractivity contribution in [3.8, 4) is 11.5 Å². The molecule has 1 aliphatic carbocycles. The zero-order valence-electron chi connectivity index (χ0n) is 17.0. The lowest BCUT2D eigenvalue weighted by atomic mass is 10.2. The molecular formula is C21H34IN3O3. The van der Waals surface area contributed by atoms with Gasteiger partial charge in [0.1, 0.15) is 11.5 Å². The molecule has 0 aromatic heterocycles. The summed E-state index contributed by atoms with van der Waals surface area (Å²) in [5.41, 5.74) is 1.08. The number of halogens is 1. The average Bonchev–Trinajstić information content (AvgIpc) is 3.38. The van der Waals surface area contributed by atoms with Crippen molar-refractivity contribution in [3.05, 3.63) is 23.8 Å². The van der Waals surface area contributed by atoms with Gasteiger partial charge in [-0.05, 0) is 57.6 Å². The molecule has 2 fully saturated rings. The minimum Gasteiger partial charge on any atom is -0.497 e. The molecule has 158 valence electrons. The van der Waals surface area contributed by atoms with E-state index < -0.39 is 0 Å². The van der Waals surface area contributed by atoms with Gasteiger partial charge >= 0.3 is 0 Å². The fourth-order valence-corrected chi connectivity index (χ4v) is 3.61. The van der Waals surface area contributed by atoms with Gasteiger partial charge in [0.15, 0.2) is 5.96 Å². The first-order valence-electron chi connectivity index (χ1n) is 10.3. The highest BCUT2D eigenvalue weighted by molar-refractivity contribution is 14.0. The monoisotopic (exact) mass is 503 g/mol. The number of guanidine groups is 1. The van der Waals surface area contributed by atoms with E-state index >= 15 is 0 Å². The van der Waals surface area contributed by atoms with Gasteiger partial charge in [-0.1, -0.05) is 0 Å². The Labute approximate surface area is 185 Å². The van der Waals surface area contributed by atoms with Gasteiger partial charge in [-0.2, -0.15) is 0 Å². The fraction of sp³-hybridized carbons (Fsp3) is 0.667. The van der Waals surface area contributed by atoms with Crippen molar-refractivity contribution in [2.24, 2.45) is 4.99 Å². The largest absolute Gasteiger partial charge is 0.497 e. The van der Waals surface area contributed by atoms with Crippen molar-refractivity contribution in [2.75, 3.05) is 26.8 Å². The number of ether oxygens (including phenoxy) is 3. The van der Waals surface area contributed by atoms with Crippen LogP contribution in [0.2, 0.25) is 0 Å². The molecule has 0 spiro atoms. The molecule has 28 heavy (non-hydrogen) atoms. The maximum Gasteiger partial charge on any atom is 0.191 e. The highest BCUT2D eigenvalue weighted by atomic mass is 127. The molecule has 0 bridgehead atoms. The van der Waals surface area contributed by atoms with E-state index in [1.54, 1.807) is 7.11 Å². The van der Waals surface area contributed by atoms with Crippen LogP contribution in [0, 0.1) is 0 Å². The molecule has 2 aliphatic rings. The second-order valence-electron chi connectivity index (χ2n) is 7.21. The summed E-state index contributed by atoms with van der Waals surface area (Å²) in [5.74, 6) is 2.52. The maximum atomic E-state index is 6.27. The minimum atomic E-state index is 0. The molecule has 7 heteroatoms. The molecule has 2 N–H and O–H groups in total. The molecule has 1 saturated carbocycles. The van der Waals surface area contributed by atoms with Crippen LogP contribution in [0.25, 0.3) is 0 Å². The number of methoxy groups -OCH3 is 1. The van der Waals surface area contributed by atoms with Crippen molar-refractivity contribution in [1.82, 2.24) is 10.6 Å². The van der Waals surface area contributed by atoms with Crippen LogP contribution in [0.15, 0.2) is 23.2 Å². The van der Waals surface area contributed by atoms with Gasteiger partial charge in [0.2, 0.25) is 0 Å². The molecule has 0 radical (unpaired) electrons. The summed E-state index contributed by atoms with van der Waals surface area (Å²) in [6.45, 7) is 5.12. The molecule has 1 aliphatic heterocycles. The van der Waals surface area contributed by atoms with E-state index in [9.17, 15) is 0 Å². The zero-order chi connectivity index (χ0) is 18.9. The van der Waals surface area contributed by atoms with E-state index in [0.717, 1.165) is 68.4 Å². The topological polar surface area (TPSA) is 64.1 Å². The Morgan fingerprint density at radius 1 is 1.18 bits per heavy atom. The number of rotatable bonds is 8. The van der Waals surface area contributed by atoms with Gasteiger partial charge in [-0.25, -0.2) is 4.99 Å². The summed E-state index contributed by atoms with van der Waals surface area (Å²) >= 11 is 0. The fourth-order valence-electron chi connectivity index (χ4n) is 3.61. The van der Waals surface area contributed by atoms with Crippen LogP contribution in [0.4, 0.5) is 0 Å². The van der Waals surface area contributed by atoms with Crippen molar-refractivity contribution in [2.45, 2.75) is 64.2 Å². The first kappa shape index (κ1) is 23.1. The Hall–Kier alpha value is -1.22. The van der Waals surface area contributed by atoms with E-state index in [2.05, 4.69) is 23.6 Å². The Morgan fingerprint density at radius 2 is 2.00 bits per heavy atom. The zero-order valence-corrected chi connectivity index (χ0v) is 19.4. The summed E-state index contributed by atoms with van der Waals surface area (Å²) in [7, 11) is 1.69. The molecule has 6 nitrogen and oxygen atoms in total. The summed E-state index contributed by atoms with van der Waals surface area (Å²) in [5, 5.41) is 6.71. The van der Waals surface area contributed by atoms with Crippen molar-refractivity contribution < 1.29 is 14.2 Å². The Kier molecular flexibility index (Phi) is 10.2. The van der Waals surface area contributed by atoms with Crippen LogP contribution in [-0.2, 0) is 11.3 Å². The third-order valence-corrected chi connectivity index (χ3v) is 5.14. The highest BCUT2D eigenvalue weighted by Gasteiger charge is 2.19. The third kappa shape index (κ3) is 6.99. The highest BCUT2D eigenvalue weighted by Crippen LogP contribution is 2.30. The standard InChI is InChI=1S/C21H33N3O3.HI/c1-3-22-21(24-15-19-9-6-12-26-19)23-14-16-10-11-18(25-2)13-20(16)27-17-7-4-5-8-17;/h10-11,13,17,19H,3-9,12,14-15H2,1-2H3,(H2,22,23,24);1H. The molecule has 1 aromatic carbocycles. The molecule has 1 heterocycles. The summed E-state index contributed by atoms with van der Waals surface area (Å²) in [6, 6.07) is 6.01. The Morgan fingerprint density at radius 3 is 2.68 bits per heavy atom. The van der Waals surface area contributed by atoms with Crippen LogP contribution < -0.4 is 20.1 Å². The number of nitrogens with zero attached hydrogens (tertiary/aromatic N) is 1. The first-order chi connectivity index (χ1) is 13.3. The number of aliphatic imine (C=N–C) groups is 1. The summed E-state index contributed by atoms with van der Waals surface area (Å²) in [6.07, 6.45) is 7.62. The Balaban J connectivity index is 0.00000280. The second kappa shape index (κ2) is 12.4. The summed E-state index contributed by atoms with van der Waals surface area (Å²) < 4.78 is 17.3. The molecular weight excluding hydrogens is 469 g/mol. The van der Waals surface area contributed by atoms with Gasteiger partial charge in [0, 0.05) is 31.3 Å². The average molecular weight is 503 g/mol. The molecule has 1 unspecified atom stereocenters. The third-order valence-electron chi connectivity index (χ3n) is 5.14. The molecule has 1 saturated heterocycles. The van der Waals surface area contributed by atoms with E-state index in [4.69, 9.17) is 19.2 Å². The number of hydrogen-bond acceptors (Lipinski definition) is 4. The van der Waals surface area contributed by atoms with E-state index in [1.807, 2.05) is 12.1 Å². The first-order valence-corrected chi connectivity index (χ1v) is 10.3. The van der Waals surface area contributed by atoms with Crippen LogP contribution in [0.1, 0.15) is 51.0 Å². The lowest BCUT2D eigenvalue weighted by Gasteiger charge is -2.18. The molecule has 1 atom stereocenters. The van der Waals surface area contributed by atoms with E-state index in [-0.39, 0.29) is 30.1 Å². The second-order valence-corrected chi connectivity index (χ2v) is 7.21. The normalized spacial score (nSPS) is 19.9. The smallest absolute Gasteiger partial charge is 0.191 e. The van der Waals surface area contributed by atoms with Gasteiger partial charge in [-0.15, -0.1) is 24.0 Å². The van der Waals surface area contributed by atoms with E-state index in [0.29, 0.717) is 12.6 Å². The van der Waals surface area contributed by atoms with Gasteiger partial charge < -0.3 is 24.8 Å². The molecule has 3 rings (SSSR count).